The van der Waals surface area contributed by atoms with Gasteiger partial charge < -0.3 is 5.32 Å². The molecule has 0 spiro atoms. The molecule has 0 amide bonds. The van der Waals surface area contributed by atoms with Gasteiger partial charge in [-0.25, -0.2) is 0 Å². The average Bonchev–Trinajstić information content (AvgIpc) is 2.49. The quantitative estimate of drug-likeness (QED) is 0.490. The fourth-order valence-electron chi connectivity index (χ4n) is 1.82. The highest BCUT2D eigenvalue weighted by atomic mass is 14.9. The number of nitrogens with one attached hydrogen (secondary N) is 1. The van der Waals surface area contributed by atoms with Gasteiger partial charge in [0.25, 0.3) is 0 Å². The molecule has 12 heavy (non-hydrogen) atoms. The second kappa shape index (κ2) is 5.36. The third-order valence-corrected chi connectivity index (χ3v) is 2.64. The van der Waals surface area contributed by atoms with Crippen LogP contribution in [0.5, 0.6) is 0 Å². The molecule has 1 fully saturated rings. The first-order valence-electron chi connectivity index (χ1n) is 5.14. The fraction of sp³-hybridized carbons (Fsp3) is 0.818. The van der Waals surface area contributed by atoms with Crippen molar-refractivity contribution in [2.75, 3.05) is 13.1 Å². The van der Waals surface area contributed by atoms with Crippen molar-refractivity contribution < 1.29 is 0 Å². The van der Waals surface area contributed by atoms with E-state index in [4.69, 9.17) is 0 Å². The van der Waals surface area contributed by atoms with Gasteiger partial charge in [0.2, 0.25) is 0 Å². The Labute approximate surface area is 76.2 Å². The van der Waals surface area contributed by atoms with E-state index in [-0.39, 0.29) is 0 Å². The molecule has 1 aliphatic carbocycles. The molecular weight excluding hydrogens is 146 g/mol. The fourth-order valence-corrected chi connectivity index (χ4v) is 1.82. The van der Waals surface area contributed by atoms with Crippen molar-refractivity contribution in [3.63, 3.8) is 0 Å². The van der Waals surface area contributed by atoms with Gasteiger partial charge in [0.05, 0.1) is 0 Å². The molecule has 0 heterocycles. The molecule has 0 aromatic carbocycles. The van der Waals surface area contributed by atoms with Crippen molar-refractivity contribution in [2.24, 2.45) is 5.92 Å². The van der Waals surface area contributed by atoms with Gasteiger partial charge in [0.1, 0.15) is 0 Å². The van der Waals surface area contributed by atoms with Gasteiger partial charge in [-0.3, -0.25) is 0 Å². The third kappa shape index (κ3) is 3.91. The molecule has 1 heteroatoms. The molecule has 1 aliphatic rings. The van der Waals surface area contributed by atoms with E-state index in [1.807, 2.05) is 0 Å². The van der Waals surface area contributed by atoms with E-state index >= 15 is 0 Å². The van der Waals surface area contributed by atoms with Crippen LogP contribution in [-0.4, -0.2) is 13.1 Å². The SMILES string of the molecule is C=C(C)CCNCC1CCCC1. The first-order valence-corrected chi connectivity index (χ1v) is 5.14. The molecule has 70 valence electrons. The molecule has 0 bridgehead atoms. The summed E-state index contributed by atoms with van der Waals surface area (Å²) in [5, 5.41) is 3.50. The van der Waals surface area contributed by atoms with E-state index in [1.54, 1.807) is 0 Å². The summed E-state index contributed by atoms with van der Waals surface area (Å²) in [4.78, 5) is 0. The molecule has 1 rings (SSSR count). The molecule has 1 N–H and O–H groups in total. The number of rotatable bonds is 5. The summed E-state index contributed by atoms with van der Waals surface area (Å²) in [6.45, 7) is 8.33. The Kier molecular flexibility index (Phi) is 4.37. The molecule has 0 saturated heterocycles. The Hall–Kier alpha value is -0.300. The van der Waals surface area contributed by atoms with E-state index in [2.05, 4.69) is 18.8 Å². The van der Waals surface area contributed by atoms with E-state index in [0.29, 0.717) is 0 Å². The smallest absolute Gasteiger partial charge is 0.00117 e. The maximum Gasteiger partial charge on any atom is -0.00117 e. The molecular formula is C11H21N. The molecule has 1 nitrogen and oxygen atoms in total. The van der Waals surface area contributed by atoms with Gasteiger partial charge in [0.15, 0.2) is 0 Å². The standard InChI is InChI=1S/C11H21N/c1-10(2)7-8-12-9-11-5-3-4-6-11/h11-12H,1,3-9H2,2H3. The largest absolute Gasteiger partial charge is 0.316 e. The Bertz CT molecular complexity index is 134. The van der Waals surface area contributed by atoms with Crippen LogP contribution in [-0.2, 0) is 0 Å². The minimum Gasteiger partial charge on any atom is -0.316 e. The van der Waals surface area contributed by atoms with Crippen LogP contribution in [0.15, 0.2) is 12.2 Å². The van der Waals surface area contributed by atoms with Gasteiger partial charge in [-0.2, -0.15) is 0 Å². The van der Waals surface area contributed by atoms with Gasteiger partial charge in [-0.05, 0) is 45.2 Å². The number of hydrogen-bond acceptors (Lipinski definition) is 1. The van der Waals surface area contributed by atoms with Crippen molar-refractivity contribution in [1.29, 1.82) is 0 Å². The molecule has 0 unspecified atom stereocenters. The summed E-state index contributed by atoms with van der Waals surface area (Å²) in [6, 6.07) is 0. The van der Waals surface area contributed by atoms with Crippen LogP contribution in [0.25, 0.3) is 0 Å². The highest BCUT2D eigenvalue weighted by molar-refractivity contribution is 4.88. The Balaban J connectivity index is 1.91. The first kappa shape index (κ1) is 9.79. The van der Waals surface area contributed by atoms with Crippen LogP contribution in [0.4, 0.5) is 0 Å². The molecule has 0 aromatic heterocycles. The number of hydrogen-bond donors (Lipinski definition) is 1. The van der Waals surface area contributed by atoms with Crippen molar-refractivity contribution >= 4 is 0 Å². The van der Waals surface area contributed by atoms with Crippen LogP contribution in [0.2, 0.25) is 0 Å². The molecule has 0 aliphatic heterocycles. The molecule has 0 atom stereocenters. The van der Waals surface area contributed by atoms with Gasteiger partial charge >= 0.3 is 0 Å². The summed E-state index contributed by atoms with van der Waals surface area (Å²) in [6.07, 6.45) is 6.92. The van der Waals surface area contributed by atoms with E-state index in [9.17, 15) is 0 Å². The summed E-state index contributed by atoms with van der Waals surface area (Å²) in [5.41, 5.74) is 1.29. The lowest BCUT2D eigenvalue weighted by Crippen LogP contribution is -2.22. The summed E-state index contributed by atoms with van der Waals surface area (Å²) in [7, 11) is 0. The summed E-state index contributed by atoms with van der Waals surface area (Å²) < 4.78 is 0. The maximum absolute atomic E-state index is 3.88. The van der Waals surface area contributed by atoms with Crippen molar-refractivity contribution in [3.8, 4) is 0 Å². The summed E-state index contributed by atoms with van der Waals surface area (Å²) >= 11 is 0. The zero-order valence-corrected chi connectivity index (χ0v) is 8.23. The minimum atomic E-state index is 0.968. The second-order valence-corrected chi connectivity index (χ2v) is 4.06. The predicted octanol–water partition coefficient (Wildman–Crippen LogP) is 2.73. The van der Waals surface area contributed by atoms with Crippen LogP contribution in [0, 0.1) is 5.92 Å². The molecule has 0 radical (unpaired) electrons. The average molecular weight is 167 g/mol. The van der Waals surface area contributed by atoms with E-state index in [1.165, 1.54) is 37.8 Å². The van der Waals surface area contributed by atoms with Crippen LogP contribution >= 0.6 is 0 Å². The topological polar surface area (TPSA) is 12.0 Å². The highest BCUT2D eigenvalue weighted by Crippen LogP contribution is 2.23. The zero-order chi connectivity index (χ0) is 8.81. The molecule has 1 saturated carbocycles. The van der Waals surface area contributed by atoms with Crippen molar-refractivity contribution in [1.82, 2.24) is 5.32 Å². The van der Waals surface area contributed by atoms with Crippen LogP contribution in [0.3, 0.4) is 0 Å². The highest BCUT2D eigenvalue weighted by Gasteiger charge is 2.13. The minimum absolute atomic E-state index is 0.968. The Morgan fingerprint density at radius 1 is 1.42 bits per heavy atom. The van der Waals surface area contributed by atoms with E-state index < -0.39 is 0 Å². The third-order valence-electron chi connectivity index (χ3n) is 2.64. The Morgan fingerprint density at radius 2 is 2.08 bits per heavy atom. The van der Waals surface area contributed by atoms with Crippen LogP contribution in [0.1, 0.15) is 39.0 Å². The lowest BCUT2D eigenvalue weighted by molar-refractivity contribution is 0.491. The zero-order valence-electron chi connectivity index (χ0n) is 8.23. The first-order chi connectivity index (χ1) is 5.79. The Morgan fingerprint density at radius 3 is 2.67 bits per heavy atom. The van der Waals surface area contributed by atoms with Gasteiger partial charge in [-0.15, -0.1) is 6.58 Å². The monoisotopic (exact) mass is 167 g/mol. The van der Waals surface area contributed by atoms with Gasteiger partial charge in [-0.1, -0.05) is 18.4 Å². The lowest BCUT2D eigenvalue weighted by Gasteiger charge is -2.09. The van der Waals surface area contributed by atoms with Crippen LogP contribution < -0.4 is 5.32 Å². The van der Waals surface area contributed by atoms with Gasteiger partial charge in [0, 0.05) is 0 Å². The molecule has 0 aromatic rings. The predicted molar refractivity (Wildman–Crippen MR) is 54.3 cm³/mol. The van der Waals surface area contributed by atoms with Crippen molar-refractivity contribution in [2.45, 2.75) is 39.0 Å². The van der Waals surface area contributed by atoms with Crippen molar-refractivity contribution in [3.05, 3.63) is 12.2 Å². The normalized spacial score (nSPS) is 18.4. The lowest BCUT2D eigenvalue weighted by atomic mass is 10.1. The van der Waals surface area contributed by atoms with E-state index in [0.717, 1.165) is 18.9 Å². The maximum atomic E-state index is 3.88. The summed E-state index contributed by atoms with van der Waals surface area (Å²) in [5.74, 6) is 0.968. The second-order valence-electron chi connectivity index (χ2n) is 4.06.